The van der Waals surface area contributed by atoms with Crippen molar-refractivity contribution in [2.45, 2.75) is 0 Å². The number of thiocarbonyl (C=S) groups is 1. The van der Waals surface area contributed by atoms with Crippen molar-refractivity contribution in [2.75, 3.05) is 7.11 Å². The van der Waals surface area contributed by atoms with Crippen molar-refractivity contribution in [1.29, 1.82) is 0 Å². The molecule has 0 aliphatic carbocycles. The summed E-state index contributed by atoms with van der Waals surface area (Å²) >= 11 is 13.8. The molecule has 0 bridgehead atoms. The molecule has 0 atom stereocenters. The van der Waals surface area contributed by atoms with Crippen LogP contribution >= 0.6 is 46.9 Å². The van der Waals surface area contributed by atoms with Crippen molar-refractivity contribution in [2.24, 2.45) is 0 Å². The first kappa shape index (κ1) is 15.6. The Hall–Kier alpha value is -1.34. The lowest BCUT2D eigenvalue weighted by molar-refractivity contribution is -0.115. The summed E-state index contributed by atoms with van der Waals surface area (Å²) in [6.07, 6.45) is 1.84. The first-order valence-corrected chi connectivity index (χ1v) is 8.72. The Morgan fingerprint density at radius 1 is 1.36 bits per heavy atom. The number of halogens is 1. The van der Waals surface area contributed by atoms with Crippen LogP contribution in [-0.4, -0.2) is 17.3 Å². The molecule has 2 aromatic rings. The van der Waals surface area contributed by atoms with Gasteiger partial charge in [0.25, 0.3) is 5.91 Å². The summed E-state index contributed by atoms with van der Waals surface area (Å²) in [5, 5.41) is 5.26. The van der Waals surface area contributed by atoms with Crippen LogP contribution in [0.5, 0.6) is 5.75 Å². The fourth-order valence-electron chi connectivity index (χ4n) is 2.02. The van der Waals surface area contributed by atoms with Gasteiger partial charge in [-0.25, -0.2) is 0 Å². The topological polar surface area (TPSA) is 38.3 Å². The number of carbonyl (C=O) groups excluding carboxylic acids is 1. The van der Waals surface area contributed by atoms with Gasteiger partial charge in [-0.05, 0) is 41.3 Å². The highest BCUT2D eigenvalue weighted by Gasteiger charge is 2.22. The van der Waals surface area contributed by atoms with Gasteiger partial charge in [0.15, 0.2) is 0 Å². The maximum Gasteiger partial charge on any atom is 0.263 e. The van der Waals surface area contributed by atoms with E-state index in [0.29, 0.717) is 14.2 Å². The molecule has 1 aromatic carbocycles. The monoisotopic (exact) mass is 367 g/mol. The van der Waals surface area contributed by atoms with E-state index in [-0.39, 0.29) is 5.91 Å². The molecular formula is C15H10ClNO2S3. The van der Waals surface area contributed by atoms with Gasteiger partial charge in [0.05, 0.1) is 12.0 Å². The molecule has 1 saturated heterocycles. The summed E-state index contributed by atoms with van der Waals surface area (Å²) < 4.78 is 5.87. The normalized spacial score (nSPS) is 16.2. The van der Waals surface area contributed by atoms with Gasteiger partial charge in [-0.2, -0.15) is 0 Å². The van der Waals surface area contributed by atoms with Crippen LogP contribution in [0, 0.1) is 0 Å². The molecule has 2 heterocycles. The SMILES string of the molecule is COc1cc(Cl)ccc1-c1csc(C=C2SC(=S)NC2=O)c1. The molecular weight excluding hydrogens is 358 g/mol. The molecule has 1 aliphatic heterocycles. The van der Waals surface area contributed by atoms with Crippen molar-refractivity contribution in [3.63, 3.8) is 0 Å². The number of amides is 1. The zero-order valence-corrected chi connectivity index (χ0v) is 14.6. The molecule has 1 amide bonds. The fraction of sp³-hybridized carbons (Fsp3) is 0.0667. The predicted molar refractivity (Wildman–Crippen MR) is 97.6 cm³/mol. The summed E-state index contributed by atoms with van der Waals surface area (Å²) in [5.74, 6) is 0.577. The standard InChI is InChI=1S/C15H10ClNO2S3/c1-19-12-5-9(16)2-3-11(12)8-4-10(21-7-8)6-13-14(18)17-15(20)22-13/h2-7H,1H3,(H,17,18,20). The van der Waals surface area contributed by atoms with Crippen molar-refractivity contribution in [3.8, 4) is 16.9 Å². The summed E-state index contributed by atoms with van der Waals surface area (Å²) in [6, 6.07) is 7.55. The van der Waals surface area contributed by atoms with Gasteiger partial charge >= 0.3 is 0 Å². The minimum atomic E-state index is -0.144. The van der Waals surface area contributed by atoms with E-state index in [1.807, 2.05) is 29.7 Å². The molecule has 0 unspecified atom stereocenters. The second-order valence-electron chi connectivity index (χ2n) is 4.43. The molecule has 112 valence electrons. The first-order chi connectivity index (χ1) is 10.6. The molecule has 3 rings (SSSR count). The molecule has 0 saturated carbocycles. The highest BCUT2D eigenvalue weighted by molar-refractivity contribution is 8.26. The van der Waals surface area contributed by atoms with E-state index in [1.165, 1.54) is 11.8 Å². The molecule has 0 radical (unpaired) electrons. The van der Waals surface area contributed by atoms with Gasteiger partial charge in [0.2, 0.25) is 0 Å². The van der Waals surface area contributed by atoms with Gasteiger partial charge in [-0.15, -0.1) is 11.3 Å². The van der Waals surface area contributed by atoms with Crippen LogP contribution in [-0.2, 0) is 4.79 Å². The molecule has 3 nitrogen and oxygen atoms in total. The van der Waals surface area contributed by atoms with Crippen LogP contribution < -0.4 is 10.1 Å². The van der Waals surface area contributed by atoms with E-state index >= 15 is 0 Å². The van der Waals surface area contributed by atoms with E-state index in [2.05, 4.69) is 5.32 Å². The predicted octanol–water partition coefficient (Wildman–Crippen LogP) is 4.57. The van der Waals surface area contributed by atoms with Crippen LogP contribution in [0.4, 0.5) is 0 Å². The van der Waals surface area contributed by atoms with Gasteiger partial charge in [-0.1, -0.05) is 35.6 Å². The van der Waals surface area contributed by atoms with E-state index in [9.17, 15) is 4.79 Å². The number of thioether (sulfide) groups is 1. The minimum Gasteiger partial charge on any atom is -0.496 e. The molecule has 0 spiro atoms. The average molecular weight is 368 g/mol. The van der Waals surface area contributed by atoms with Crippen molar-refractivity contribution in [3.05, 3.63) is 44.5 Å². The van der Waals surface area contributed by atoms with Crippen LogP contribution in [0.15, 0.2) is 34.6 Å². The third-order valence-corrected chi connectivity index (χ3v) is 5.29. The highest BCUT2D eigenvalue weighted by atomic mass is 35.5. The van der Waals surface area contributed by atoms with Crippen molar-refractivity contribution in [1.82, 2.24) is 5.32 Å². The second-order valence-corrected chi connectivity index (χ2v) is 7.53. The van der Waals surface area contributed by atoms with Crippen LogP contribution in [0.1, 0.15) is 4.88 Å². The molecule has 1 N–H and O–H groups in total. The molecule has 22 heavy (non-hydrogen) atoms. The van der Waals surface area contributed by atoms with E-state index in [1.54, 1.807) is 24.5 Å². The van der Waals surface area contributed by atoms with E-state index < -0.39 is 0 Å². The number of nitrogens with one attached hydrogen (secondary N) is 1. The third-order valence-electron chi connectivity index (χ3n) is 3.01. The zero-order valence-electron chi connectivity index (χ0n) is 11.4. The van der Waals surface area contributed by atoms with Gasteiger partial charge in [-0.3, -0.25) is 4.79 Å². The maximum absolute atomic E-state index is 11.7. The largest absolute Gasteiger partial charge is 0.496 e. The van der Waals surface area contributed by atoms with E-state index in [0.717, 1.165) is 21.8 Å². The van der Waals surface area contributed by atoms with Crippen molar-refractivity contribution >= 4 is 63.2 Å². The van der Waals surface area contributed by atoms with Gasteiger partial charge in [0.1, 0.15) is 10.1 Å². The lowest BCUT2D eigenvalue weighted by atomic mass is 10.1. The highest BCUT2D eigenvalue weighted by Crippen LogP contribution is 2.36. The van der Waals surface area contributed by atoms with Crippen LogP contribution in [0.2, 0.25) is 5.02 Å². The van der Waals surface area contributed by atoms with E-state index in [4.69, 9.17) is 28.6 Å². The Balaban J connectivity index is 1.93. The maximum atomic E-state index is 11.7. The molecule has 1 aromatic heterocycles. The smallest absolute Gasteiger partial charge is 0.263 e. The van der Waals surface area contributed by atoms with Gasteiger partial charge in [0, 0.05) is 15.5 Å². The molecule has 1 fully saturated rings. The fourth-order valence-corrected chi connectivity index (χ4v) is 4.13. The Bertz CT molecular complexity index is 798. The number of hydrogen-bond donors (Lipinski definition) is 1. The molecule has 1 aliphatic rings. The number of ether oxygens (including phenoxy) is 1. The Kier molecular flexibility index (Phi) is 4.54. The minimum absolute atomic E-state index is 0.144. The van der Waals surface area contributed by atoms with Crippen LogP contribution in [0.25, 0.3) is 17.2 Å². The van der Waals surface area contributed by atoms with Crippen LogP contribution in [0.3, 0.4) is 0 Å². The Morgan fingerprint density at radius 3 is 2.86 bits per heavy atom. The average Bonchev–Trinajstić information content (AvgIpc) is 3.06. The lowest BCUT2D eigenvalue weighted by Gasteiger charge is -2.06. The summed E-state index contributed by atoms with van der Waals surface area (Å²) in [5.41, 5.74) is 1.99. The van der Waals surface area contributed by atoms with Crippen molar-refractivity contribution < 1.29 is 9.53 Å². The number of carbonyl (C=O) groups is 1. The molecule has 7 heteroatoms. The number of thiophene rings is 1. The number of benzene rings is 1. The Morgan fingerprint density at radius 2 is 2.18 bits per heavy atom. The summed E-state index contributed by atoms with van der Waals surface area (Å²) in [4.78, 5) is 13.3. The first-order valence-electron chi connectivity index (χ1n) is 6.24. The number of rotatable bonds is 3. The summed E-state index contributed by atoms with van der Waals surface area (Å²) in [7, 11) is 1.62. The number of hydrogen-bond acceptors (Lipinski definition) is 5. The number of methoxy groups -OCH3 is 1. The second kappa shape index (κ2) is 6.42. The lowest BCUT2D eigenvalue weighted by Crippen LogP contribution is -2.17. The summed E-state index contributed by atoms with van der Waals surface area (Å²) in [6.45, 7) is 0. The third kappa shape index (κ3) is 3.20. The zero-order chi connectivity index (χ0) is 15.7. The Labute approximate surface area is 146 Å². The quantitative estimate of drug-likeness (QED) is 0.637. The van der Waals surface area contributed by atoms with Gasteiger partial charge < -0.3 is 10.1 Å².